The molecule has 0 radical (unpaired) electrons. The van der Waals surface area contributed by atoms with Crippen molar-refractivity contribution in [1.82, 2.24) is 0 Å². The van der Waals surface area contributed by atoms with Crippen molar-refractivity contribution in [3.63, 3.8) is 0 Å². The van der Waals surface area contributed by atoms with Gasteiger partial charge in [-0.05, 0) is 66.7 Å². The monoisotopic (exact) mass is 328 g/mol. The van der Waals surface area contributed by atoms with Crippen LogP contribution >= 0.6 is 0 Å². The fourth-order valence-electron chi connectivity index (χ4n) is 6.23. The molecule has 5 aliphatic rings. The maximum atomic E-state index is 11.8. The number of hydrogen-bond donors (Lipinski definition) is 0. The molecule has 0 aromatic rings. The summed E-state index contributed by atoms with van der Waals surface area (Å²) in [7, 11) is 0. The van der Waals surface area contributed by atoms with Crippen molar-refractivity contribution in [2.24, 2.45) is 17.3 Å². The first-order valence-corrected chi connectivity index (χ1v) is 9.29. The summed E-state index contributed by atoms with van der Waals surface area (Å²) in [6.07, 6.45) is 7.97. The van der Waals surface area contributed by atoms with Gasteiger partial charge in [0.25, 0.3) is 0 Å². The standard InChI is InChI=1S/C20H24O4/c1-10(21)23-16-8-7-15-14-5-3-11-9-12(22)4-6-13(11)17(14)18-19(24-18)20(15,16)2/h9,14-16,18-19H,3-8H2,1-2H3/t14-,15-,16-,18-,19-,20-/m0/s1. The Balaban J connectivity index is 1.55. The zero-order valence-corrected chi connectivity index (χ0v) is 14.3. The summed E-state index contributed by atoms with van der Waals surface area (Å²) in [5.41, 5.74) is 4.15. The number of rotatable bonds is 1. The van der Waals surface area contributed by atoms with Crippen LogP contribution in [0.4, 0.5) is 0 Å². The van der Waals surface area contributed by atoms with Gasteiger partial charge < -0.3 is 9.47 Å². The van der Waals surface area contributed by atoms with E-state index in [0.29, 0.717) is 18.3 Å². The summed E-state index contributed by atoms with van der Waals surface area (Å²) in [5.74, 6) is 1.17. The van der Waals surface area contributed by atoms with Crippen molar-refractivity contribution < 1.29 is 19.1 Å². The second kappa shape index (κ2) is 4.81. The Kier molecular flexibility index (Phi) is 2.98. The number of hydrogen-bond acceptors (Lipinski definition) is 4. The van der Waals surface area contributed by atoms with Crippen molar-refractivity contribution >= 4 is 11.8 Å². The van der Waals surface area contributed by atoms with Gasteiger partial charge in [-0.1, -0.05) is 6.92 Å². The minimum absolute atomic E-state index is 0.00794. The van der Waals surface area contributed by atoms with Crippen molar-refractivity contribution in [2.45, 2.75) is 70.7 Å². The van der Waals surface area contributed by atoms with Crippen LogP contribution in [0, 0.1) is 17.3 Å². The molecule has 1 saturated heterocycles. The van der Waals surface area contributed by atoms with Crippen LogP contribution in [0.3, 0.4) is 0 Å². The van der Waals surface area contributed by atoms with Gasteiger partial charge in [0.15, 0.2) is 5.78 Å². The molecular formula is C20H24O4. The molecule has 1 heterocycles. The first kappa shape index (κ1) is 14.9. The molecule has 128 valence electrons. The molecule has 0 aromatic carbocycles. The van der Waals surface area contributed by atoms with Gasteiger partial charge in [0.1, 0.15) is 12.2 Å². The maximum Gasteiger partial charge on any atom is 0.302 e. The number of epoxide rings is 1. The Morgan fingerprint density at radius 1 is 1.25 bits per heavy atom. The van der Waals surface area contributed by atoms with E-state index in [1.54, 1.807) is 0 Å². The van der Waals surface area contributed by atoms with Gasteiger partial charge in [0.2, 0.25) is 0 Å². The lowest BCUT2D eigenvalue weighted by Gasteiger charge is -2.46. The molecule has 24 heavy (non-hydrogen) atoms. The molecule has 0 unspecified atom stereocenters. The molecule has 0 aromatic heterocycles. The summed E-state index contributed by atoms with van der Waals surface area (Å²) in [4.78, 5) is 23.3. The van der Waals surface area contributed by atoms with Gasteiger partial charge in [-0.2, -0.15) is 0 Å². The third-order valence-corrected chi connectivity index (χ3v) is 7.25. The molecule has 4 heteroatoms. The van der Waals surface area contributed by atoms with Gasteiger partial charge >= 0.3 is 5.97 Å². The fraction of sp³-hybridized carbons (Fsp3) is 0.700. The van der Waals surface area contributed by atoms with Crippen LogP contribution in [-0.2, 0) is 19.1 Å². The highest BCUT2D eigenvalue weighted by Gasteiger charge is 2.70. The molecule has 3 fully saturated rings. The molecule has 0 bridgehead atoms. The van der Waals surface area contributed by atoms with Crippen LogP contribution < -0.4 is 0 Å². The lowest BCUT2D eigenvalue weighted by molar-refractivity contribution is -0.154. The van der Waals surface area contributed by atoms with Crippen molar-refractivity contribution in [2.75, 3.05) is 0 Å². The molecule has 2 saturated carbocycles. The van der Waals surface area contributed by atoms with Gasteiger partial charge in [-0.15, -0.1) is 0 Å². The van der Waals surface area contributed by atoms with E-state index < -0.39 is 0 Å². The Morgan fingerprint density at radius 3 is 2.88 bits per heavy atom. The molecule has 4 nitrogen and oxygen atoms in total. The number of carbonyl (C=O) groups excluding carboxylic acids is 2. The smallest absolute Gasteiger partial charge is 0.302 e. The van der Waals surface area contributed by atoms with Crippen molar-refractivity contribution in [1.29, 1.82) is 0 Å². The average Bonchev–Trinajstić information content (AvgIpc) is 3.27. The van der Waals surface area contributed by atoms with Crippen LogP contribution in [0.25, 0.3) is 0 Å². The molecule has 4 aliphatic carbocycles. The van der Waals surface area contributed by atoms with E-state index in [0.717, 1.165) is 32.1 Å². The minimum atomic E-state index is -0.178. The number of esters is 1. The number of ether oxygens (including phenoxy) is 2. The van der Waals surface area contributed by atoms with E-state index in [2.05, 4.69) is 6.92 Å². The second-order valence-electron chi connectivity index (χ2n) is 8.34. The Bertz CT molecular complexity index is 702. The van der Waals surface area contributed by atoms with Crippen LogP contribution in [0.5, 0.6) is 0 Å². The van der Waals surface area contributed by atoms with E-state index >= 15 is 0 Å². The molecular weight excluding hydrogens is 304 g/mol. The number of fused-ring (bicyclic) bond motifs is 7. The SMILES string of the molecule is CC(=O)O[C@H]1CC[C@H]2[C@@H]3CCC4=CC(=O)CCC4=C3[C@@H]3O[C@@H]3[C@]12C. The Hall–Kier alpha value is -1.42. The topological polar surface area (TPSA) is 55.9 Å². The van der Waals surface area contributed by atoms with E-state index in [9.17, 15) is 9.59 Å². The fourth-order valence-corrected chi connectivity index (χ4v) is 6.23. The second-order valence-corrected chi connectivity index (χ2v) is 8.34. The van der Waals surface area contributed by atoms with Crippen LogP contribution in [0.2, 0.25) is 0 Å². The van der Waals surface area contributed by atoms with Gasteiger partial charge in [-0.3, -0.25) is 9.59 Å². The van der Waals surface area contributed by atoms with E-state index in [1.807, 2.05) is 6.08 Å². The lowest BCUT2D eigenvalue weighted by Crippen LogP contribution is -2.48. The quantitative estimate of drug-likeness (QED) is 0.548. The number of ketones is 1. The van der Waals surface area contributed by atoms with Gasteiger partial charge in [-0.25, -0.2) is 0 Å². The normalized spacial score (nSPS) is 45.7. The summed E-state index contributed by atoms with van der Waals surface area (Å²) >= 11 is 0. The van der Waals surface area contributed by atoms with Crippen LogP contribution in [0.1, 0.15) is 52.4 Å². The zero-order valence-electron chi connectivity index (χ0n) is 14.3. The lowest BCUT2D eigenvalue weighted by atomic mass is 9.57. The first-order valence-electron chi connectivity index (χ1n) is 9.29. The van der Waals surface area contributed by atoms with E-state index in [-0.39, 0.29) is 35.5 Å². The highest BCUT2D eigenvalue weighted by atomic mass is 16.6. The average molecular weight is 328 g/mol. The van der Waals surface area contributed by atoms with Gasteiger partial charge in [0.05, 0.1) is 6.10 Å². The van der Waals surface area contributed by atoms with Gasteiger partial charge in [0, 0.05) is 18.8 Å². The number of allylic oxidation sites excluding steroid dienone is 3. The maximum absolute atomic E-state index is 11.8. The first-order chi connectivity index (χ1) is 11.5. The molecule has 0 amide bonds. The van der Waals surface area contributed by atoms with Crippen LogP contribution in [0.15, 0.2) is 22.8 Å². The van der Waals surface area contributed by atoms with Crippen molar-refractivity contribution in [3.8, 4) is 0 Å². The Morgan fingerprint density at radius 2 is 2.08 bits per heavy atom. The van der Waals surface area contributed by atoms with Crippen molar-refractivity contribution in [3.05, 3.63) is 22.8 Å². The third-order valence-electron chi connectivity index (χ3n) is 7.25. The molecule has 1 aliphatic heterocycles. The summed E-state index contributed by atoms with van der Waals surface area (Å²) in [6.45, 7) is 3.79. The summed E-state index contributed by atoms with van der Waals surface area (Å²) in [5, 5.41) is 0. The summed E-state index contributed by atoms with van der Waals surface area (Å²) < 4.78 is 11.9. The molecule has 0 spiro atoms. The molecule has 6 atom stereocenters. The Labute approximate surface area is 142 Å². The molecule has 0 N–H and O–H groups in total. The highest BCUT2D eigenvalue weighted by Crippen LogP contribution is 2.66. The molecule has 5 rings (SSSR count). The van der Waals surface area contributed by atoms with E-state index in [1.165, 1.54) is 23.6 Å². The van der Waals surface area contributed by atoms with Crippen LogP contribution in [-0.4, -0.2) is 30.1 Å². The zero-order chi connectivity index (χ0) is 16.6. The number of carbonyl (C=O) groups is 2. The largest absolute Gasteiger partial charge is 0.462 e. The van der Waals surface area contributed by atoms with E-state index in [4.69, 9.17) is 9.47 Å². The predicted octanol–water partition coefficient (Wildman–Crippen LogP) is 3.11. The minimum Gasteiger partial charge on any atom is -0.462 e. The highest BCUT2D eigenvalue weighted by molar-refractivity contribution is 5.93. The summed E-state index contributed by atoms with van der Waals surface area (Å²) in [6, 6.07) is 0. The predicted molar refractivity (Wildman–Crippen MR) is 87.1 cm³/mol. The third kappa shape index (κ3) is 1.83.